The van der Waals surface area contributed by atoms with Crippen LogP contribution in [0.15, 0.2) is 48.7 Å². The highest BCUT2D eigenvalue weighted by Crippen LogP contribution is 2.23. The third-order valence-corrected chi connectivity index (χ3v) is 2.90. The Kier molecular flexibility index (Phi) is 2.91. The molecule has 0 amide bonds. The smallest absolute Gasteiger partial charge is 0.0579 e. The largest absolute Gasteiger partial charge is 0.344 e. The molecule has 15 heavy (non-hydrogen) atoms. The van der Waals surface area contributed by atoms with Crippen molar-refractivity contribution in [2.75, 3.05) is 0 Å². The predicted octanol–water partition coefficient (Wildman–Crippen LogP) is 3.80. The number of aryl methyl sites for hydroxylation is 1. The average Bonchev–Trinajstić information content (AvgIpc) is 2.68. The van der Waals surface area contributed by atoms with Crippen molar-refractivity contribution in [1.29, 1.82) is 0 Å². The number of benzene rings is 1. The quantitative estimate of drug-likeness (QED) is 0.708. The molecule has 1 heteroatoms. The molecule has 0 aliphatic heterocycles. The maximum atomic E-state index is 2.34. The highest BCUT2D eigenvalue weighted by Gasteiger charge is 2.11. The van der Waals surface area contributed by atoms with Crippen LogP contribution in [0.4, 0.5) is 0 Å². The summed E-state index contributed by atoms with van der Waals surface area (Å²) in [6, 6.07) is 15.4. The second-order valence-electron chi connectivity index (χ2n) is 3.89. The maximum absolute atomic E-state index is 2.34. The van der Waals surface area contributed by atoms with Crippen molar-refractivity contribution >= 4 is 0 Å². The average molecular weight is 199 g/mol. The van der Waals surface area contributed by atoms with Crippen LogP contribution in [0.5, 0.6) is 0 Å². The van der Waals surface area contributed by atoms with E-state index >= 15 is 0 Å². The van der Waals surface area contributed by atoms with Crippen molar-refractivity contribution in [2.24, 2.45) is 0 Å². The topological polar surface area (TPSA) is 4.93 Å². The summed E-state index contributed by atoms with van der Waals surface area (Å²) in [6.07, 6.45) is 3.29. The van der Waals surface area contributed by atoms with E-state index in [1.165, 1.54) is 11.3 Å². The molecule has 1 aromatic carbocycles. The molecule has 1 heterocycles. The molecule has 0 fully saturated rings. The van der Waals surface area contributed by atoms with Gasteiger partial charge in [0.15, 0.2) is 0 Å². The Hall–Kier alpha value is -1.50. The Balaban J connectivity index is 2.37. The molecule has 0 spiro atoms. The van der Waals surface area contributed by atoms with Gasteiger partial charge >= 0.3 is 0 Å². The van der Waals surface area contributed by atoms with Gasteiger partial charge in [0.1, 0.15) is 0 Å². The van der Waals surface area contributed by atoms with Crippen molar-refractivity contribution < 1.29 is 0 Å². The van der Waals surface area contributed by atoms with E-state index in [2.05, 4.69) is 67.1 Å². The Labute approximate surface area is 91.4 Å². The lowest BCUT2D eigenvalue weighted by Gasteiger charge is -2.19. The summed E-state index contributed by atoms with van der Waals surface area (Å²) in [5.41, 5.74) is 2.71. The van der Waals surface area contributed by atoms with Gasteiger partial charge in [-0.3, -0.25) is 0 Å². The summed E-state index contributed by atoms with van der Waals surface area (Å²) in [6.45, 7) is 4.39. The van der Waals surface area contributed by atoms with Crippen molar-refractivity contribution in [2.45, 2.75) is 26.3 Å². The van der Waals surface area contributed by atoms with Crippen LogP contribution in [0.2, 0.25) is 0 Å². The molecule has 0 radical (unpaired) electrons. The number of hydrogen-bond donors (Lipinski definition) is 0. The summed E-state index contributed by atoms with van der Waals surface area (Å²) in [5, 5.41) is 0. The summed E-state index contributed by atoms with van der Waals surface area (Å²) >= 11 is 0. The van der Waals surface area contributed by atoms with Crippen molar-refractivity contribution in [3.05, 3.63) is 59.9 Å². The van der Waals surface area contributed by atoms with Crippen LogP contribution >= 0.6 is 0 Å². The Morgan fingerprint density at radius 2 is 1.80 bits per heavy atom. The van der Waals surface area contributed by atoms with E-state index in [-0.39, 0.29) is 0 Å². The van der Waals surface area contributed by atoms with Gasteiger partial charge in [-0.15, -0.1) is 0 Å². The van der Waals surface area contributed by atoms with Crippen molar-refractivity contribution in [3.63, 3.8) is 0 Å². The van der Waals surface area contributed by atoms with E-state index in [1.54, 1.807) is 0 Å². The van der Waals surface area contributed by atoms with Crippen molar-refractivity contribution in [1.82, 2.24) is 4.57 Å². The van der Waals surface area contributed by atoms with E-state index in [0.29, 0.717) is 6.04 Å². The molecule has 1 nitrogen and oxygen atoms in total. The molecule has 0 aliphatic rings. The highest BCUT2D eigenvalue weighted by molar-refractivity contribution is 5.22. The van der Waals surface area contributed by atoms with Gasteiger partial charge in [0.25, 0.3) is 0 Å². The van der Waals surface area contributed by atoms with Crippen molar-refractivity contribution in [3.8, 4) is 0 Å². The molecule has 2 rings (SSSR count). The maximum Gasteiger partial charge on any atom is 0.0579 e. The SMILES string of the molecule is CCC(c1ccccc1)n1cccc1C. The first-order valence-electron chi connectivity index (χ1n) is 5.51. The molecule has 0 aliphatic carbocycles. The van der Waals surface area contributed by atoms with Crippen LogP contribution in [-0.2, 0) is 0 Å². The minimum atomic E-state index is 0.473. The summed E-state index contributed by atoms with van der Waals surface area (Å²) in [7, 11) is 0. The fraction of sp³-hybridized carbons (Fsp3) is 0.286. The summed E-state index contributed by atoms with van der Waals surface area (Å²) in [5.74, 6) is 0. The molecule has 1 aromatic heterocycles. The number of rotatable bonds is 3. The zero-order valence-corrected chi connectivity index (χ0v) is 9.35. The van der Waals surface area contributed by atoms with Gasteiger partial charge in [0.2, 0.25) is 0 Å². The first kappa shape index (κ1) is 10.0. The predicted molar refractivity (Wildman–Crippen MR) is 64.0 cm³/mol. The Bertz CT molecular complexity index is 414. The van der Waals surface area contributed by atoms with Gasteiger partial charge in [-0.25, -0.2) is 0 Å². The molecular weight excluding hydrogens is 182 g/mol. The minimum Gasteiger partial charge on any atom is -0.344 e. The van der Waals surface area contributed by atoms with Gasteiger partial charge in [-0.05, 0) is 31.0 Å². The van der Waals surface area contributed by atoms with Gasteiger partial charge in [-0.1, -0.05) is 37.3 Å². The van der Waals surface area contributed by atoms with E-state index in [9.17, 15) is 0 Å². The summed E-state index contributed by atoms with van der Waals surface area (Å²) < 4.78 is 2.34. The van der Waals surface area contributed by atoms with Crippen LogP contribution in [0.25, 0.3) is 0 Å². The van der Waals surface area contributed by atoms with Crippen LogP contribution < -0.4 is 0 Å². The second-order valence-corrected chi connectivity index (χ2v) is 3.89. The standard InChI is InChI=1S/C14H17N/c1-3-14(13-9-5-4-6-10-13)15-11-7-8-12(15)2/h4-11,14H,3H2,1-2H3. The molecular formula is C14H17N. The lowest BCUT2D eigenvalue weighted by molar-refractivity contribution is 0.557. The van der Waals surface area contributed by atoms with Crippen LogP contribution in [0.3, 0.4) is 0 Å². The lowest BCUT2D eigenvalue weighted by atomic mass is 10.0. The molecule has 1 atom stereocenters. The zero-order chi connectivity index (χ0) is 10.7. The normalized spacial score (nSPS) is 12.7. The fourth-order valence-corrected chi connectivity index (χ4v) is 2.10. The highest BCUT2D eigenvalue weighted by atomic mass is 15.0. The molecule has 0 bridgehead atoms. The molecule has 0 saturated heterocycles. The van der Waals surface area contributed by atoms with Crippen LogP contribution in [0, 0.1) is 6.92 Å². The number of hydrogen-bond acceptors (Lipinski definition) is 0. The monoisotopic (exact) mass is 199 g/mol. The Morgan fingerprint density at radius 3 is 2.33 bits per heavy atom. The summed E-state index contributed by atoms with van der Waals surface area (Å²) in [4.78, 5) is 0. The Morgan fingerprint density at radius 1 is 1.07 bits per heavy atom. The van der Waals surface area contributed by atoms with Gasteiger partial charge in [0, 0.05) is 11.9 Å². The number of nitrogens with zero attached hydrogens (tertiary/aromatic N) is 1. The van der Waals surface area contributed by atoms with Gasteiger partial charge < -0.3 is 4.57 Å². The molecule has 78 valence electrons. The van der Waals surface area contributed by atoms with E-state index in [4.69, 9.17) is 0 Å². The molecule has 1 unspecified atom stereocenters. The molecule has 0 N–H and O–H groups in total. The third-order valence-electron chi connectivity index (χ3n) is 2.90. The van der Waals surface area contributed by atoms with E-state index in [0.717, 1.165) is 6.42 Å². The lowest BCUT2D eigenvalue weighted by Crippen LogP contribution is -2.09. The molecule has 0 saturated carbocycles. The third kappa shape index (κ3) is 1.96. The van der Waals surface area contributed by atoms with E-state index < -0.39 is 0 Å². The van der Waals surface area contributed by atoms with Gasteiger partial charge in [0.05, 0.1) is 6.04 Å². The van der Waals surface area contributed by atoms with Gasteiger partial charge in [-0.2, -0.15) is 0 Å². The first-order valence-corrected chi connectivity index (χ1v) is 5.51. The molecule has 2 aromatic rings. The van der Waals surface area contributed by atoms with E-state index in [1.807, 2.05) is 0 Å². The number of aromatic nitrogens is 1. The zero-order valence-electron chi connectivity index (χ0n) is 9.35. The first-order chi connectivity index (χ1) is 7.33. The second kappa shape index (κ2) is 4.35. The van der Waals surface area contributed by atoms with Crippen LogP contribution in [0.1, 0.15) is 30.6 Å². The van der Waals surface area contributed by atoms with Crippen LogP contribution in [-0.4, -0.2) is 4.57 Å². The minimum absolute atomic E-state index is 0.473. The fourth-order valence-electron chi connectivity index (χ4n) is 2.10.